The number of phenolic OH excluding ortho intramolecular Hbond substituents is 1. The van der Waals surface area contributed by atoms with Crippen LogP contribution in [0.3, 0.4) is 0 Å². The van der Waals surface area contributed by atoms with Crippen LogP contribution in [0.5, 0.6) is 11.5 Å². The zero-order valence-corrected chi connectivity index (χ0v) is 10.7. The van der Waals surface area contributed by atoms with Crippen LogP contribution < -0.4 is 10.1 Å². The van der Waals surface area contributed by atoms with Crippen molar-refractivity contribution in [3.8, 4) is 11.5 Å². The average Bonchev–Trinajstić information content (AvgIpc) is 2.38. The van der Waals surface area contributed by atoms with Gasteiger partial charge in [-0.1, -0.05) is 29.8 Å². The highest BCUT2D eigenvalue weighted by Gasteiger charge is 2.06. The Hall–Kier alpha value is -2.20. The van der Waals surface area contributed by atoms with Gasteiger partial charge in [-0.05, 0) is 24.3 Å². The van der Waals surface area contributed by atoms with Gasteiger partial charge in [0.15, 0.2) is 6.61 Å². The molecule has 2 aromatic carbocycles. The number of para-hydroxylation sites is 1. The number of phenols is 1. The molecule has 0 radical (unpaired) electrons. The number of benzene rings is 2. The van der Waals surface area contributed by atoms with Gasteiger partial charge in [0.05, 0.1) is 5.02 Å². The summed E-state index contributed by atoms with van der Waals surface area (Å²) in [7, 11) is 0. The van der Waals surface area contributed by atoms with E-state index < -0.39 is 0 Å². The van der Waals surface area contributed by atoms with E-state index >= 15 is 0 Å². The zero-order chi connectivity index (χ0) is 13.7. The van der Waals surface area contributed by atoms with Crippen molar-refractivity contribution in [2.24, 2.45) is 0 Å². The van der Waals surface area contributed by atoms with Crippen LogP contribution in [-0.2, 0) is 4.79 Å². The Labute approximate surface area is 115 Å². The molecule has 0 aromatic heterocycles. The van der Waals surface area contributed by atoms with E-state index in [0.717, 1.165) is 0 Å². The Kier molecular flexibility index (Phi) is 4.26. The summed E-state index contributed by atoms with van der Waals surface area (Å²) in [5, 5.41) is 12.3. The first kappa shape index (κ1) is 13.2. The van der Waals surface area contributed by atoms with Crippen LogP contribution >= 0.6 is 11.6 Å². The second kappa shape index (κ2) is 6.11. The van der Waals surface area contributed by atoms with Gasteiger partial charge in [-0.25, -0.2) is 0 Å². The van der Waals surface area contributed by atoms with Crippen LogP contribution in [0.4, 0.5) is 5.69 Å². The van der Waals surface area contributed by atoms with Crippen molar-refractivity contribution in [2.45, 2.75) is 0 Å². The molecule has 1 amide bonds. The van der Waals surface area contributed by atoms with E-state index in [-0.39, 0.29) is 18.3 Å². The number of carbonyl (C=O) groups is 1. The summed E-state index contributed by atoms with van der Waals surface area (Å²) >= 11 is 5.90. The Balaban J connectivity index is 1.90. The monoisotopic (exact) mass is 277 g/mol. The van der Waals surface area contributed by atoms with Gasteiger partial charge in [0.2, 0.25) is 0 Å². The molecule has 5 heteroatoms. The second-order valence-corrected chi connectivity index (χ2v) is 4.22. The summed E-state index contributed by atoms with van der Waals surface area (Å²) < 4.78 is 5.29. The molecular weight excluding hydrogens is 266 g/mol. The number of anilines is 1. The van der Waals surface area contributed by atoms with Crippen LogP contribution in [0.25, 0.3) is 0 Å². The molecule has 0 unspecified atom stereocenters. The number of ether oxygens (including phenoxy) is 1. The first-order valence-electron chi connectivity index (χ1n) is 5.61. The SMILES string of the molecule is O=C(COc1ccccc1Cl)Nc1cccc(O)c1. The van der Waals surface area contributed by atoms with Gasteiger partial charge in [-0.2, -0.15) is 0 Å². The topological polar surface area (TPSA) is 58.6 Å². The average molecular weight is 278 g/mol. The molecule has 0 atom stereocenters. The van der Waals surface area contributed by atoms with Gasteiger partial charge in [-0.3, -0.25) is 4.79 Å². The lowest BCUT2D eigenvalue weighted by Gasteiger charge is -2.08. The fraction of sp³-hybridized carbons (Fsp3) is 0.0714. The highest BCUT2D eigenvalue weighted by molar-refractivity contribution is 6.32. The van der Waals surface area contributed by atoms with Crippen LogP contribution in [0, 0.1) is 0 Å². The van der Waals surface area contributed by atoms with E-state index in [1.165, 1.54) is 12.1 Å². The summed E-state index contributed by atoms with van der Waals surface area (Å²) in [6.07, 6.45) is 0. The maximum absolute atomic E-state index is 11.6. The summed E-state index contributed by atoms with van der Waals surface area (Å²) in [6.45, 7) is -0.153. The van der Waals surface area contributed by atoms with Crippen molar-refractivity contribution in [1.29, 1.82) is 0 Å². The lowest BCUT2D eigenvalue weighted by atomic mass is 10.3. The standard InChI is InChI=1S/C14H12ClNO3/c15-12-6-1-2-7-13(12)19-9-14(18)16-10-4-3-5-11(17)8-10/h1-8,17H,9H2,(H,16,18). The Morgan fingerprint density at radius 1 is 1.21 bits per heavy atom. The highest BCUT2D eigenvalue weighted by Crippen LogP contribution is 2.23. The maximum atomic E-state index is 11.6. The molecule has 0 aliphatic rings. The van der Waals surface area contributed by atoms with E-state index in [9.17, 15) is 9.90 Å². The molecule has 0 saturated heterocycles. The van der Waals surface area contributed by atoms with E-state index in [2.05, 4.69) is 5.32 Å². The van der Waals surface area contributed by atoms with Crippen LogP contribution in [0.15, 0.2) is 48.5 Å². The number of halogens is 1. The number of nitrogens with one attached hydrogen (secondary N) is 1. The fourth-order valence-electron chi connectivity index (χ4n) is 1.49. The second-order valence-electron chi connectivity index (χ2n) is 3.82. The van der Waals surface area contributed by atoms with Crippen LogP contribution in [-0.4, -0.2) is 17.6 Å². The number of amides is 1. The Morgan fingerprint density at radius 3 is 2.74 bits per heavy atom. The first-order valence-corrected chi connectivity index (χ1v) is 5.99. The molecule has 19 heavy (non-hydrogen) atoms. The number of hydrogen-bond donors (Lipinski definition) is 2. The van der Waals surface area contributed by atoms with Gasteiger partial charge in [-0.15, -0.1) is 0 Å². The quantitative estimate of drug-likeness (QED) is 0.903. The summed E-state index contributed by atoms with van der Waals surface area (Å²) in [5.74, 6) is 0.213. The minimum atomic E-state index is -0.328. The molecule has 4 nitrogen and oxygen atoms in total. The van der Waals surface area contributed by atoms with E-state index in [0.29, 0.717) is 16.5 Å². The van der Waals surface area contributed by atoms with Gasteiger partial charge >= 0.3 is 0 Å². The molecule has 2 N–H and O–H groups in total. The third-order valence-corrected chi connectivity index (χ3v) is 2.64. The summed E-state index contributed by atoms with van der Waals surface area (Å²) in [4.78, 5) is 11.6. The van der Waals surface area contributed by atoms with Gasteiger partial charge in [0.25, 0.3) is 5.91 Å². The molecule has 0 heterocycles. The Bertz CT molecular complexity index is 586. The summed E-state index contributed by atoms with van der Waals surface area (Å²) in [6, 6.07) is 13.2. The minimum Gasteiger partial charge on any atom is -0.508 e. The van der Waals surface area contributed by atoms with Crippen molar-refractivity contribution in [2.75, 3.05) is 11.9 Å². The van der Waals surface area contributed by atoms with Gasteiger partial charge in [0.1, 0.15) is 11.5 Å². The van der Waals surface area contributed by atoms with Gasteiger partial charge < -0.3 is 15.2 Å². The number of aromatic hydroxyl groups is 1. The van der Waals surface area contributed by atoms with Crippen molar-refractivity contribution in [1.82, 2.24) is 0 Å². The normalized spacial score (nSPS) is 9.95. The molecule has 98 valence electrons. The van der Waals surface area contributed by atoms with E-state index in [1.54, 1.807) is 36.4 Å². The maximum Gasteiger partial charge on any atom is 0.262 e. The van der Waals surface area contributed by atoms with Crippen molar-refractivity contribution in [3.05, 3.63) is 53.6 Å². The van der Waals surface area contributed by atoms with Crippen molar-refractivity contribution >= 4 is 23.2 Å². The smallest absolute Gasteiger partial charge is 0.262 e. The predicted molar refractivity (Wildman–Crippen MR) is 73.7 cm³/mol. The molecule has 2 aromatic rings. The lowest BCUT2D eigenvalue weighted by molar-refractivity contribution is -0.118. The molecule has 0 bridgehead atoms. The molecule has 0 saturated carbocycles. The third-order valence-electron chi connectivity index (χ3n) is 2.33. The summed E-state index contributed by atoms with van der Waals surface area (Å²) in [5.41, 5.74) is 0.507. The zero-order valence-electron chi connectivity index (χ0n) is 9.97. The molecule has 2 rings (SSSR count). The van der Waals surface area contributed by atoms with E-state index in [4.69, 9.17) is 16.3 Å². The fourth-order valence-corrected chi connectivity index (χ4v) is 1.68. The van der Waals surface area contributed by atoms with Crippen molar-refractivity contribution in [3.63, 3.8) is 0 Å². The lowest BCUT2D eigenvalue weighted by Crippen LogP contribution is -2.20. The molecule has 0 fully saturated rings. The van der Waals surface area contributed by atoms with E-state index in [1.807, 2.05) is 0 Å². The van der Waals surface area contributed by atoms with Crippen molar-refractivity contribution < 1.29 is 14.6 Å². The largest absolute Gasteiger partial charge is 0.508 e. The molecule has 0 aliphatic heterocycles. The predicted octanol–water partition coefficient (Wildman–Crippen LogP) is 3.06. The van der Waals surface area contributed by atoms with Gasteiger partial charge in [0, 0.05) is 11.8 Å². The van der Waals surface area contributed by atoms with Crippen LogP contribution in [0.2, 0.25) is 5.02 Å². The number of hydrogen-bond acceptors (Lipinski definition) is 3. The van der Waals surface area contributed by atoms with Crippen LogP contribution in [0.1, 0.15) is 0 Å². The molecular formula is C14H12ClNO3. The number of carbonyl (C=O) groups excluding carboxylic acids is 1. The Morgan fingerprint density at radius 2 is 2.00 bits per heavy atom. The highest BCUT2D eigenvalue weighted by atomic mass is 35.5. The number of rotatable bonds is 4. The molecule has 0 spiro atoms. The third kappa shape index (κ3) is 3.89. The molecule has 0 aliphatic carbocycles. The first-order chi connectivity index (χ1) is 9.15. The minimum absolute atomic E-state index is 0.0878.